The minimum atomic E-state index is -3.68. The van der Waals surface area contributed by atoms with Gasteiger partial charge in [0.25, 0.3) is 0 Å². The molecule has 0 aromatic heterocycles. The largest absolute Gasteiger partial charge is 0.376 e. The molecule has 0 bridgehead atoms. The fourth-order valence-electron chi connectivity index (χ4n) is 2.58. The van der Waals surface area contributed by atoms with Crippen LogP contribution in [0, 0.1) is 5.92 Å². The number of hydrogen-bond donors (Lipinski definition) is 3. The van der Waals surface area contributed by atoms with Crippen LogP contribution in [0.25, 0.3) is 0 Å². The normalized spacial score (nSPS) is 12.7. The number of primary sulfonamides is 1. The highest BCUT2D eigenvalue weighted by molar-refractivity contribution is 14.0. The zero-order chi connectivity index (χ0) is 21.1. The van der Waals surface area contributed by atoms with Crippen LogP contribution in [0.3, 0.4) is 0 Å². The predicted octanol–water partition coefficient (Wildman–Crippen LogP) is 2.86. The lowest BCUT2D eigenvalue weighted by Gasteiger charge is -2.16. The maximum absolute atomic E-state index is 11.3. The molecular formula is C21H31IN4O3S. The van der Waals surface area contributed by atoms with Crippen LogP contribution in [0.15, 0.2) is 64.5 Å². The lowest BCUT2D eigenvalue weighted by molar-refractivity contribution is 0.0931. The first-order valence-electron chi connectivity index (χ1n) is 9.64. The molecule has 0 aliphatic carbocycles. The Morgan fingerprint density at radius 1 is 1.07 bits per heavy atom. The van der Waals surface area contributed by atoms with Crippen molar-refractivity contribution in [2.75, 3.05) is 19.7 Å². The van der Waals surface area contributed by atoms with E-state index < -0.39 is 10.0 Å². The van der Waals surface area contributed by atoms with Gasteiger partial charge in [-0.1, -0.05) is 49.4 Å². The van der Waals surface area contributed by atoms with Crippen LogP contribution in [0.1, 0.15) is 25.0 Å². The maximum Gasteiger partial charge on any atom is 0.238 e. The quantitative estimate of drug-likeness (QED) is 0.242. The Bertz CT molecular complexity index is 875. The van der Waals surface area contributed by atoms with Crippen LogP contribution in [0.5, 0.6) is 0 Å². The Morgan fingerprint density at radius 2 is 1.73 bits per heavy atom. The number of nitrogens with two attached hydrogens (primary N) is 1. The minimum Gasteiger partial charge on any atom is -0.376 e. The van der Waals surface area contributed by atoms with E-state index in [0.29, 0.717) is 31.6 Å². The van der Waals surface area contributed by atoms with Gasteiger partial charge in [0.15, 0.2) is 5.96 Å². The number of halogens is 1. The highest BCUT2D eigenvalue weighted by Crippen LogP contribution is 2.09. The van der Waals surface area contributed by atoms with Crippen LogP contribution in [0.2, 0.25) is 0 Å². The molecule has 0 saturated heterocycles. The summed E-state index contributed by atoms with van der Waals surface area (Å²) in [6.45, 7) is 7.28. The molecule has 0 spiro atoms. The summed E-state index contributed by atoms with van der Waals surface area (Å²) in [6.07, 6.45) is 0. The Balaban J connectivity index is 0.00000450. The van der Waals surface area contributed by atoms with E-state index in [2.05, 4.69) is 22.5 Å². The molecular weight excluding hydrogens is 515 g/mol. The molecule has 0 fully saturated rings. The highest BCUT2D eigenvalue weighted by Gasteiger charge is 2.07. The Labute approximate surface area is 196 Å². The van der Waals surface area contributed by atoms with Crippen molar-refractivity contribution in [2.24, 2.45) is 16.0 Å². The Hall–Kier alpha value is -1.69. The van der Waals surface area contributed by atoms with Crippen LogP contribution in [-0.4, -0.2) is 34.1 Å². The van der Waals surface area contributed by atoms with Gasteiger partial charge >= 0.3 is 0 Å². The van der Waals surface area contributed by atoms with Gasteiger partial charge in [0.05, 0.1) is 24.7 Å². The topological polar surface area (TPSA) is 106 Å². The molecule has 1 unspecified atom stereocenters. The minimum absolute atomic E-state index is 0. The van der Waals surface area contributed by atoms with Gasteiger partial charge in [-0.2, -0.15) is 0 Å². The van der Waals surface area contributed by atoms with Crippen LogP contribution < -0.4 is 15.8 Å². The molecule has 166 valence electrons. The second kappa shape index (κ2) is 13.6. The summed E-state index contributed by atoms with van der Waals surface area (Å²) in [5, 5.41) is 11.6. The van der Waals surface area contributed by atoms with Crippen molar-refractivity contribution in [1.29, 1.82) is 0 Å². The summed E-state index contributed by atoms with van der Waals surface area (Å²) >= 11 is 0. The van der Waals surface area contributed by atoms with Gasteiger partial charge in [-0.25, -0.2) is 18.5 Å². The third-order valence-electron chi connectivity index (χ3n) is 4.15. The van der Waals surface area contributed by atoms with E-state index in [4.69, 9.17) is 9.88 Å². The second-order valence-electron chi connectivity index (χ2n) is 6.87. The number of benzene rings is 2. The number of nitrogens with zero attached hydrogens (tertiary/aromatic N) is 1. The van der Waals surface area contributed by atoms with E-state index in [-0.39, 0.29) is 28.9 Å². The monoisotopic (exact) mass is 546 g/mol. The van der Waals surface area contributed by atoms with Gasteiger partial charge in [-0.05, 0) is 36.1 Å². The summed E-state index contributed by atoms with van der Waals surface area (Å²) in [5.74, 6) is 1.02. The molecule has 9 heteroatoms. The van der Waals surface area contributed by atoms with Crippen molar-refractivity contribution in [3.8, 4) is 0 Å². The van der Waals surface area contributed by atoms with E-state index in [1.54, 1.807) is 12.1 Å². The molecule has 1 atom stereocenters. The van der Waals surface area contributed by atoms with Gasteiger partial charge in [-0.3, -0.25) is 0 Å². The molecule has 4 N–H and O–H groups in total. The van der Waals surface area contributed by atoms with Gasteiger partial charge in [0.1, 0.15) is 0 Å². The number of hydrogen-bond acceptors (Lipinski definition) is 4. The van der Waals surface area contributed by atoms with Crippen molar-refractivity contribution in [2.45, 2.75) is 31.9 Å². The van der Waals surface area contributed by atoms with Crippen molar-refractivity contribution in [3.63, 3.8) is 0 Å². The standard InChI is InChI=1S/C21H30N4O3S.HI/c1-3-23-21(25-14-18-9-11-20(12-10-18)29(22,26)27)24-13-17(2)15-28-16-19-7-5-4-6-8-19;/h4-12,17H,3,13-16H2,1-2H3,(H2,22,26,27)(H2,23,24,25);1H. The molecule has 0 heterocycles. The lowest BCUT2D eigenvalue weighted by atomic mass is 10.2. The summed E-state index contributed by atoms with van der Waals surface area (Å²) in [7, 11) is -3.68. The molecule has 0 amide bonds. The molecule has 2 aromatic carbocycles. The number of rotatable bonds is 10. The average molecular weight is 546 g/mol. The third-order valence-corrected chi connectivity index (χ3v) is 5.08. The molecule has 0 radical (unpaired) electrons. The van der Waals surface area contributed by atoms with E-state index >= 15 is 0 Å². The van der Waals surface area contributed by atoms with E-state index in [0.717, 1.165) is 24.2 Å². The lowest BCUT2D eigenvalue weighted by Crippen LogP contribution is -2.40. The molecule has 0 aliphatic heterocycles. The van der Waals surface area contributed by atoms with E-state index in [1.807, 2.05) is 37.3 Å². The SMILES string of the molecule is CCNC(=NCc1ccc(S(N)(=O)=O)cc1)NCC(C)COCc1ccccc1.I. The fourth-order valence-corrected chi connectivity index (χ4v) is 3.09. The summed E-state index contributed by atoms with van der Waals surface area (Å²) in [6, 6.07) is 16.5. The van der Waals surface area contributed by atoms with Gasteiger partial charge < -0.3 is 15.4 Å². The molecule has 7 nitrogen and oxygen atoms in total. The average Bonchev–Trinajstić information content (AvgIpc) is 2.70. The first-order chi connectivity index (χ1) is 13.9. The van der Waals surface area contributed by atoms with Crippen molar-refractivity contribution in [3.05, 3.63) is 65.7 Å². The van der Waals surface area contributed by atoms with Crippen LogP contribution in [-0.2, 0) is 27.9 Å². The fraction of sp³-hybridized carbons (Fsp3) is 0.381. The van der Waals surface area contributed by atoms with Crippen molar-refractivity contribution >= 4 is 40.0 Å². The summed E-state index contributed by atoms with van der Waals surface area (Å²) in [5.41, 5.74) is 2.06. The summed E-state index contributed by atoms with van der Waals surface area (Å²) in [4.78, 5) is 4.65. The van der Waals surface area contributed by atoms with Crippen molar-refractivity contribution in [1.82, 2.24) is 10.6 Å². The van der Waals surface area contributed by atoms with E-state index in [1.165, 1.54) is 12.1 Å². The molecule has 2 aromatic rings. The van der Waals surface area contributed by atoms with Gasteiger partial charge in [0.2, 0.25) is 10.0 Å². The smallest absolute Gasteiger partial charge is 0.238 e. The van der Waals surface area contributed by atoms with Crippen molar-refractivity contribution < 1.29 is 13.2 Å². The second-order valence-corrected chi connectivity index (χ2v) is 8.43. The summed E-state index contributed by atoms with van der Waals surface area (Å²) < 4.78 is 28.4. The van der Waals surface area contributed by atoms with Crippen LogP contribution >= 0.6 is 24.0 Å². The Morgan fingerprint density at radius 3 is 2.33 bits per heavy atom. The highest BCUT2D eigenvalue weighted by atomic mass is 127. The Kier molecular flexibility index (Phi) is 11.9. The number of aliphatic imine (C=N–C) groups is 1. The number of sulfonamides is 1. The molecule has 30 heavy (non-hydrogen) atoms. The maximum atomic E-state index is 11.3. The number of nitrogens with one attached hydrogen (secondary N) is 2. The zero-order valence-electron chi connectivity index (χ0n) is 17.4. The first-order valence-corrected chi connectivity index (χ1v) is 11.2. The van der Waals surface area contributed by atoms with Gasteiger partial charge in [0, 0.05) is 13.1 Å². The predicted molar refractivity (Wildman–Crippen MR) is 131 cm³/mol. The zero-order valence-corrected chi connectivity index (χ0v) is 20.5. The number of ether oxygens (including phenoxy) is 1. The first kappa shape index (κ1) is 26.3. The molecule has 0 saturated carbocycles. The van der Waals surface area contributed by atoms with E-state index in [9.17, 15) is 8.42 Å². The third kappa shape index (κ3) is 9.88. The molecule has 0 aliphatic rings. The number of guanidine groups is 1. The molecule has 2 rings (SSSR count). The van der Waals surface area contributed by atoms with Gasteiger partial charge in [-0.15, -0.1) is 24.0 Å². The van der Waals surface area contributed by atoms with Crippen LogP contribution in [0.4, 0.5) is 0 Å².